The van der Waals surface area contributed by atoms with Gasteiger partial charge in [0.2, 0.25) is 0 Å². The van der Waals surface area contributed by atoms with E-state index in [1.54, 1.807) is 4.88 Å². The molecule has 15 heavy (non-hydrogen) atoms. The van der Waals surface area contributed by atoms with Gasteiger partial charge in [-0.15, -0.1) is 11.3 Å². The Labute approximate surface area is 98.9 Å². The monoisotopic (exact) mass is 240 g/mol. The molecule has 0 aromatic carbocycles. The minimum Gasteiger partial charge on any atom is -0.148 e. The second kappa shape index (κ2) is 4.97. The first kappa shape index (κ1) is 11.6. The van der Waals surface area contributed by atoms with E-state index in [0.717, 1.165) is 0 Å². The fraction of sp³-hybridized carbons (Fsp3) is 0.692. The van der Waals surface area contributed by atoms with Crippen molar-refractivity contribution in [3.8, 4) is 0 Å². The van der Waals surface area contributed by atoms with E-state index >= 15 is 0 Å². The number of hydrogen-bond donors (Lipinski definition) is 0. The number of rotatable bonds is 4. The van der Waals surface area contributed by atoms with Gasteiger partial charge in [0.15, 0.2) is 0 Å². The Balaban J connectivity index is 2.31. The minimum atomic E-state index is 0.218. The Hall–Kier alpha value is 0.130. The summed E-state index contributed by atoms with van der Waals surface area (Å²) >= 11 is 1.99. The van der Waals surface area contributed by atoms with Gasteiger partial charge in [-0.3, -0.25) is 0 Å². The van der Waals surface area contributed by atoms with Crippen molar-refractivity contribution in [2.45, 2.75) is 44.7 Å². The van der Waals surface area contributed by atoms with Crippen LogP contribution in [-0.2, 0) is 5.16 Å². The van der Waals surface area contributed by atoms with Crippen LogP contribution in [0.25, 0.3) is 0 Å². The third kappa shape index (κ3) is 2.01. The van der Waals surface area contributed by atoms with Gasteiger partial charge in [-0.1, -0.05) is 40.7 Å². The lowest BCUT2D eigenvalue weighted by Gasteiger charge is -2.36. The molecule has 0 unspecified atom stereocenters. The first-order valence-corrected chi connectivity index (χ1v) is 8.71. The van der Waals surface area contributed by atoms with Crippen LogP contribution in [0.5, 0.6) is 0 Å². The summed E-state index contributed by atoms with van der Waals surface area (Å²) in [6.07, 6.45) is 8.64. The fourth-order valence-corrected chi connectivity index (χ4v) is 7.47. The molecular weight excluding hydrogens is 219 g/mol. The van der Waals surface area contributed by atoms with Crippen molar-refractivity contribution in [2.24, 2.45) is 0 Å². The zero-order chi connectivity index (χ0) is 10.7. The molecule has 0 N–H and O–H groups in total. The smallest absolute Gasteiger partial charge is 0.0248 e. The van der Waals surface area contributed by atoms with Gasteiger partial charge < -0.3 is 0 Å². The van der Waals surface area contributed by atoms with Gasteiger partial charge in [0.25, 0.3) is 0 Å². The van der Waals surface area contributed by atoms with Gasteiger partial charge in [0, 0.05) is 10.0 Å². The molecule has 0 aliphatic heterocycles. The first-order valence-electron chi connectivity index (χ1n) is 6.12. The van der Waals surface area contributed by atoms with Crippen molar-refractivity contribution in [3.05, 3.63) is 22.4 Å². The molecule has 0 atom stereocenters. The van der Waals surface area contributed by atoms with Crippen LogP contribution in [0.1, 0.15) is 44.4 Å². The van der Waals surface area contributed by atoms with Gasteiger partial charge in [0.05, 0.1) is 0 Å². The second-order valence-electron chi connectivity index (χ2n) is 4.39. The van der Waals surface area contributed by atoms with E-state index in [2.05, 4.69) is 31.4 Å². The molecule has 2 heteroatoms. The maximum Gasteiger partial charge on any atom is 0.0248 e. The van der Waals surface area contributed by atoms with Crippen LogP contribution in [0.2, 0.25) is 0 Å². The topological polar surface area (TPSA) is 0 Å². The van der Waals surface area contributed by atoms with E-state index in [4.69, 9.17) is 0 Å². The van der Waals surface area contributed by atoms with Crippen LogP contribution >= 0.6 is 19.3 Å². The molecule has 1 aromatic rings. The molecule has 0 saturated heterocycles. The van der Waals surface area contributed by atoms with Crippen molar-refractivity contribution >= 4 is 19.3 Å². The highest BCUT2D eigenvalue weighted by Crippen LogP contribution is 2.64. The Bertz CT molecular complexity index is 281. The molecule has 0 spiro atoms. The Morgan fingerprint density at radius 1 is 1.27 bits per heavy atom. The van der Waals surface area contributed by atoms with Gasteiger partial charge in [0.1, 0.15) is 0 Å². The van der Waals surface area contributed by atoms with E-state index in [0.29, 0.717) is 5.16 Å². The predicted molar refractivity (Wildman–Crippen MR) is 72.5 cm³/mol. The summed E-state index contributed by atoms with van der Waals surface area (Å²) in [6.45, 7) is 4.78. The van der Waals surface area contributed by atoms with Crippen molar-refractivity contribution in [1.82, 2.24) is 0 Å². The summed E-state index contributed by atoms with van der Waals surface area (Å²) in [5.74, 6) is 0. The molecule has 0 amide bonds. The molecule has 0 bridgehead atoms. The van der Waals surface area contributed by atoms with E-state index in [-0.39, 0.29) is 7.92 Å². The molecule has 1 heterocycles. The lowest BCUT2D eigenvalue weighted by atomic mass is 10.1. The molecule has 2 rings (SSSR count). The van der Waals surface area contributed by atoms with E-state index in [1.807, 2.05) is 11.3 Å². The molecule has 1 saturated carbocycles. The normalized spacial score (nSPS) is 19.9. The quantitative estimate of drug-likeness (QED) is 0.647. The second-order valence-corrected chi connectivity index (χ2v) is 8.54. The lowest BCUT2D eigenvalue weighted by molar-refractivity contribution is 0.647. The standard InChI is InChI=1S/C13H21PS/c1-3-14(4-2)13(9-5-6-10-13)12-8-7-11-15-12/h7-8,11H,3-6,9-10H2,1-2H3. The highest BCUT2D eigenvalue weighted by Gasteiger charge is 2.41. The zero-order valence-electron chi connectivity index (χ0n) is 9.83. The van der Waals surface area contributed by atoms with Crippen LogP contribution in [0.3, 0.4) is 0 Å². The van der Waals surface area contributed by atoms with E-state index in [1.165, 1.54) is 38.0 Å². The van der Waals surface area contributed by atoms with Crippen molar-refractivity contribution in [2.75, 3.05) is 12.3 Å². The molecule has 1 aliphatic rings. The summed E-state index contributed by atoms with van der Waals surface area (Å²) in [6, 6.07) is 4.62. The maximum atomic E-state index is 2.39. The third-order valence-corrected chi connectivity index (χ3v) is 8.43. The molecule has 1 fully saturated rings. The van der Waals surface area contributed by atoms with Crippen LogP contribution in [0.4, 0.5) is 0 Å². The molecule has 0 radical (unpaired) electrons. The lowest BCUT2D eigenvalue weighted by Crippen LogP contribution is -2.20. The van der Waals surface area contributed by atoms with Crippen LogP contribution in [0.15, 0.2) is 17.5 Å². The molecule has 84 valence electrons. The number of thiophene rings is 1. The van der Waals surface area contributed by atoms with Crippen LogP contribution < -0.4 is 0 Å². The van der Waals surface area contributed by atoms with Gasteiger partial charge in [-0.05, 0) is 36.6 Å². The van der Waals surface area contributed by atoms with Crippen LogP contribution in [-0.4, -0.2) is 12.3 Å². The average Bonchev–Trinajstić information content (AvgIpc) is 2.90. The largest absolute Gasteiger partial charge is 0.148 e. The Kier molecular flexibility index (Phi) is 3.85. The minimum absolute atomic E-state index is 0.218. The fourth-order valence-electron chi connectivity index (χ4n) is 3.05. The molecule has 1 aromatic heterocycles. The van der Waals surface area contributed by atoms with Gasteiger partial charge in [-0.25, -0.2) is 0 Å². The summed E-state index contributed by atoms with van der Waals surface area (Å²) in [4.78, 5) is 1.69. The molecular formula is C13H21PS. The van der Waals surface area contributed by atoms with Crippen molar-refractivity contribution in [1.29, 1.82) is 0 Å². The summed E-state index contributed by atoms with van der Waals surface area (Å²) in [5.41, 5.74) is 0. The SMILES string of the molecule is CCP(CC)C1(c2cccs2)CCCC1. The highest BCUT2D eigenvalue weighted by atomic mass is 32.1. The van der Waals surface area contributed by atoms with Crippen molar-refractivity contribution in [3.63, 3.8) is 0 Å². The molecule has 0 nitrogen and oxygen atoms in total. The van der Waals surface area contributed by atoms with E-state index < -0.39 is 0 Å². The summed E-state index contributed by atoms with van der Waals surface area (Å²) in [7, 11) is 0.218. The van der Waals surface area contributed by atoms with Gasteiger partial charge >= 0.3 is 0 Å². The predicted octanol–water partition coefficient (Wildman–Crippen LogP) is 5.04. The highest BCUT2D eigenvalue weighted by molar-refractivity contribution is 7.59. The molecule has 1 aliphatic carbocycles. The first-order chi connectivity index (χ1) is 7.33. The third-order valence-electron chi connectivity index (χ3n) is 3.78. The zero-order valence-corrected chi connectivity index (χ0v) is 11.5. The maximum absolute atomic E-state index is 2.39. The summed E-state index contributed by atoms with van der Waals surface area (Å²) in [5, 5.41) is 2.88. The Morgan fingerprint density at radius 2 is 1.93 bits per heavy atom. The van der Waals surface area contributed by atoms with Crippen molar-refractivity contribution < 1.29 is 0 Å². The van der Waals surface area contributed by atoms with Gasteiger partial charge in [-0.2, -0.15) is 0 Å². The average molecular weight is 240 g/mol. The number of hydrogen-bond acceptors (Lipinski definition) is 1. The van der Waals surface area contributed by atoms with E-state index in [9.17, 15) is 0 Å². The van der Waals surface area contributed by atoms with Crippen LogP contribution in [0, 0.1) is 0 Å². The Morgan fingerprint density at radius 3 is 2.40 bits per heavy atom. The summed E-state index contributed by atoms with van der Waals surface area (Å²) < 4.78 is 0.